The van der Waals surface area contributed by atoms with Crippen LogP contribution in [0, 0.1) is 11.6 Å². The van der Waals surface area contributed by atoms with Crippen molar-refractivity contribution in [2.45, 2.75) is 46.3 Å². The van der Waals surface area contributed by atoms with Gasteiger partial charge in [0.05, 0.1) is 6.54 Å². The molecule has 0 fully saturated rings. The first-order valence-corrected chi connectivity index (χ1v) is 8.35. The van der Waals surface area contributed by atoms with Crippen LogP contribution in [0.3, 0.4) is 0 Å². The summed E-state index contributed by atoms with van der Waals surface area (Å²) in [5.74, 6) is -1.10. The lowest BCUT2D eigenvalue weighted by atomic mass is 10.1. The molecule has 1 N–H and O–H groups in total. The van der Waals surface area contributed by atoms with E-state index in [0.29, 0.717) is 31.1 Å². The maximum atomic E-state index is 14.0. The summed E-state index contributed by atoms with van der Waals surface area (Å²) in [5.41, 5.74) is 0.617. The van der Waals surface area contributed by atoms with Gasteiger partial charge in [-0.1, -0.05) is 13.0 Å². The van der Waals surface area contributed by atoms with E-state index in [1.807, 2.05) is 25.7 Å². The fourth-order valence-corrected chi connectivity index (χ4v) is 2.41. The molecule has 0 aliphatic carbocycles. The Balaban J connectivity index is 2.14. The molecule has 1 heterocycles. The number of rotatable bonds is 8. The van der Waals surface area contributed by atoms with Crippen molar-refractivity contribution in [2.75, 3.05) is 6.54 Å². The van der Waals surface area contributed by atoms with E-state index >= 15 is 0 Å². The van der Waals surface area contributed by atoms with E-state index in [1.54, 1.807) is 0 Å². The summed E-state index contributed by atoms with van der Waals surface area (Å²) in [6, 6.07) is 3.69. The van der Waals surface area contributed by atoms with Gasteiger partial charge in [0.15, 0.2) is 5.69 Å². The molecule has 0 aliphatic heterocycles. The fourth-order valence-electron chi connectivity index (χ4n) is 2.41. The third-order valence-corrected chi connectivity index (χ3v) is 4.06. The molecule has 0 saturated heterocycles. The summed E-state index contributed by atoms with van der Waals surface area (Å²) < 4.78 is 32.4. The first-order valence-electron chi connectivity index (χ1n) is 8.35. The van der Waals surface area contributed by atoms with Gasteiger partial charge >= 0.3 is 0 Å². The van der Waals surface area contributed by atoms with Crippen molar-refractivity contribution in [3.63, 3.8) is 0 Å². The number of aromatic nitrogens is 1. The molecule has 2 aromatic rings. The second kappa shape index (κ2) is 8.71. The van der Waals surface area contributed by atoms with E-state index in [9.17, 15) is 13.6 Å². The Bertz CT molecular complexity index is 718. The Hall–Kier alpha value is -2.28. The van der Waals surface area contributed by atoms with Crippen LogP contribution in [0.4, 0.5) is 8.78 Å². The minimum atomic E-state index is -0.601. The highest BCUT2D eigenvalue weighted by atomic mass is 19.1. The van der Waals surface area contributed by atoms with Crippen molar-refractivity contribution in [1.29, 1.82) is 0 Å². The molecule has 0 aliphatic rings. The van der Waals surface area contributed by atoms with E-state index in [0.717, 1.165) is 12.5 Å². The molecule has 7 heteroatoms. The van der Waals surface area contributed by atoms with Gasteiger partial charge in [0.2, 0.25) is 5.89 Å². The molecule has 0 bridgehead atoms. The van der Waals surface area contributed by atoms with Crippen LogP contribution in [0.2, 0.25) is 0 Å². The molecule has 25 heavy (non-hydrogen) atoms. The molecule has 1 amide bonds. The summed E-state index contributed by atoms with van der Waals surface area (Å²) in [7, 11) is 0. The molecular weight excluding hydrogens is 328 g/mol. The Morgan fingerprint density at radius 2 is 2.08 bits per heavy atom. The largest absolute Gasteiger partial charge is 0.447 e. The predicted molar refractivity (Wildman–Crippen MR) is 89.9 cm³/mol. The molecule has 2 rings (SSSR count). The van der Waals surface area contributed by atoms with Gasteiger partial charge in [-0.25, -0.2) is 13.8 Å². The van der Waals surface area contributed by atoms with Crippen molar-refractivity contribution >= 4 is 5.91 Å². The number of hydrogen-bond acceptors (Lipinski definition) is 4. The van der Waals surface area contributed by atoms with Crippen LogP contribution < -0.4 is 5.32 Å². The average molecular weight is 351 g/mol. The Kier molecular flexibility index (Phi) is 6.64. The molecule has 136 valence electrons. The topological polar surface area (TPSA) is 58.4 Å². The number of halogens is 2. The Morgan fingerprint density at radius 3 is 2.72 bits per heavy atom. The van der Waals surface area contributed by atoms with Crippen molar-refractivity contribution in [3.8, 4) is 0 Å². The van der Waals surface area contributed by atoms with E-state index < -0.39 is 11.6 Å². The van der Waals surface area contributed by atoms with Crippen LogP contribution in [-0.4, -0.2) is 28.4 Å². The maximum absolute atomic E-state index is 14.0. The first kappa shape index (κ1) is 19.1. The van der Waals surface area contributed by atoms with Gasteiger partial charge in [0.25, 0.3) is 5.91 Å². The van der Waals surface area contributed by atoms with Crippen LogP contribution in [0.25, 0.3) is 0 Å². The predicted octanol–water partition coefficient (Wildman–Crippen LogP) is 3.50. The maximum Gasteiger partial charge on any atom is 0.273 e. The Morgan fingerprint density at radius 1 is 1.32 bits per heavy atom. The number of amides is 1. The average Bonchev–Trinajstić information content (AvgIpc) is 3.04. The zero-order valence-electron chi connectivity index (χ0n) is 14.7. The molecular formula is C18H23F2N3O2. The van der Waals surface area contributed by atoms with E-state index in [4.69, 9.17) is 4.42 Å². The molecule has 5 nitrogen and oxygen atoms in total. The summed E-state index contributed by atoms with van der Waals surface area (Å²) in [6.07, 6.45) is 2.15. The SMILES string of the molecule is CCNC(=O)c1coc(CN(Cc2ccc(F)cc2F)C(C)CC)n1. The minimum Gasteiger partial charge on any atom is -0.447 e. The summed E-state index contributed by atoms with van der Waals surface area (Å²) in [5, 5.41) is 2.65. The van der Waals surface area contributed by atoms with Gasteiger partial charge < -0.3 is 9.73 Å². The number of hydrogen-bond donors (Lipinski definition) is 1. The van der Waals surface area contributed by atoms with Gasteiger partial charge in [-0.15, -0.1) is 0 Å². The second-order valence-corrected chi connectivity index (χ2v) is 5.88. The van der Waals surface area contributed by atoms with Gasteiger partial charge in [0.1, 0.15) is 17.9 Å². The standard InChI is InChI=1S/C18H23F2N3O2/c1-4-12(3)23(9-13-6-7-14(19)8-15(13)20)10-17-22-16(11-25-17)18(24)21-5-2/h6-8,11-12H,4-5,9-10H2,1-3H3,(H,21,24). The fraction of sp³-hybridized carbons (Fsp3) is 0.444. The van der Waals surface area contributed by atoms with E-state index in [1.165, 1.54) is 18.4 Å². The van der Waals surface area contributed by atoms with E-state index in [2.05, 4.69) is 10.3 Å². The van der Waals surface area contributed by atoms with Gasteiger partial charge in [-0.3, -0.25) is 9.69 Å². The highest BCUT2D eigenvalue weighted by Gasteiger charge is 2.19. The Labute approximate surface area is 146 Å². The summed E-state index contributed by atoms with van der Waals surface area (Å²) >= 11 is 0. The lowest BCUT2D eigenvalue weighted by molar-refractivity contribution is 0.0950. The van der Waals surface area contributed by atoms with Crippen LogP contribution in [0.5, 0.6) is 0 Å². The van der Waals surface area contributed by atoms with Crippen molar-refractivity contribution < 1.29 is 18.0 Å². The first-order chi connectivity index (χ1) is 11.9. The molecule has 1 unspecified atom stereocenters. The van der Waals surface area contributed by atoms with Crippen LogP contribution >= 0.6 is 0 Å². The van der Waals surface area contributed by atoms with Crippen molar-refractivity contribution in [1.82, 2.24) is 15.2 Å². The highest BCUT2D eigenvalue weighted by molar-refractivity contribution is 5.91. The third-order valence-electron chi connectivity index (χ3n) is 4.06. The molecule has 0 radical (unpaired) electrons. The minimum absolute atomic E-state index is 0.129. The molecule has 1 atom stereocenters. The summed E-state index contributed by atoms with van der Waals surface area (Å²) in [4.78, 5) is 17.9. The number of carbonyl (C=O) groups excluding carboxylic acids is 1. The lowest BCUT2D eigenvalue weighted by Crippen LogP contribution is -2.32. The van der Waals surface area contributed by atoms with Crippen molar-refractivity contribution in [2.24, 2.45) is 0 Å². The molecule has 1 aromatic heterocycles. The van der Waals surface area contributed by atoms with Crippen LogP contribution in [0.15, 0.2) is 28.9 Å². The van der Waals surface area contributed by atoms with Gasteiger partial charge in [-0.2, -0.15) is 0 Å². The number of oxazole rings is 1. The third kappa shape index (κ3) is 5.09. The number of carbonyl (C=O) groups is 1. The normalized spacial score (nSPS) is 12.4. The molecule has 0 saturated carbocycles. The van der Waals surface area contributed by atoms with Crippen LogP contribution in [0.1, 0.15) is 49.1 Å². The zero-order valence-corrected chi connectivity index (χ0v) is 14.7. The molecule has 1 aromatic carbocycles. The zero-order chi connectivity index (χ0) is 18.4. The molecule has 0 spiro atoms. The van der Waals surface area contributed by atoms with E-state index in [-0.39, 0.29) is 17.6 Å². The second-order valence-electron chi connectivity index (χ2n) is 5.88. The highest BCUT2D eigenvalue weighted by Crippen LogP contribution is 2.18. The van der Waals surface area contributed by atoms with Crippen LogP contribution in [-0.2, 0) is 13.1 Å². The smallest absolute Gasteiger partial charge is 0.273 e. The number of benzene rings is 1. The van der Waals surface area contributed by atoms with Gasteiger partial charge in [-0.05, 0) is 26.3 Å². The number of nitrogens with one attached hydrogen (secondary N) is 1. The summed E-state index contributed by atoms with van der Waals surface area (Å²) in [6.45, 7) is 6.97. The quantitative estimate of drug-likeness (QED) is 0.791. The van der Waals surface area contributed by atoms with Gasteiger partial charge in [0, 0.05) is 30.8 Å². The lowest BCUT2D eigenvalue weighted by Gasteiger charge is -2.27. The number of nitrogens with zero attached hydrogens (tertiary/aromatic N) is 2. The van der Waals surface area contributed by atoms with Crippen molar-refractivity contribution in [3.05, 3.63) is 53.2 Å². The monoisotopic (exact) mass is 351 g/mol.